The van der Waals surface area contributed by atoms with Gasteiger partial charge < -0.3 is 9.67 Å². The summed E-state index contributed by atoms with van der Waals surface area (Å²) < 4.78 is 32.3. The number of rotatable bonds is 7. The highest BCUT2D eigenvalue weighted by Crippen LogP contribution is 2.30. The van der Waals surface area contributed by atoms with Crippen molar-refractivity contribution in [1.82, 2.24) is 4.57 Å². The Morgan fingerprint density at radius 3 is 2.42 bits per heavy atom. The Labute approximate surface area is 186 Å². The van der Waals surface area contributed by atoms with E-state index in [9.17, 15) is 13.5 Å². The molecule has 1 N–H and O–H groups in total. The summed E-state index contributed by atoms with van der Waals surface area (Å²) in [7, 11) is -3.99. The summed E-state index contributed by atoms with van der Waals surface area (Å²) in [6.07, 6.45) is 0.741. The second-order valence-corrected chi connectivity index (χ2v) is 9.45. The molecule has 1 aromatic heterocycles. The molecule has 0 fully saturated rings. The van der Waals surface area contributed by atoms with Gasteiger partial charge in [-0.05, 0) is 48.9 Å². The van der Waals surface area contributed by atoms with Gasteiger partial charge in [-0.2, -0.15) is 8.42 Å². The molecule has 5 nitrogen and oxygen atoms in total. The van der Waals surface area contributed by atoms with Crippen molar-refractivity contribution in [3.05, 3.63) is 101 Å². The van der Waals surface area contributed by atoms with Crippen LogP contribution in [-0.4, -0.2) is 30.8 Å². The molecule has 1 heterocycles. The van der Waals surface area contributed by atoms with Crippen LogP contribution in [0.25, 0.3) is 10.9 Å². The number of aromatic nitrogens is 1. The molecule has 4 aromatic rings. The molecule has 0 spiro atoms. The number of fused-ring (bicyclic) bond motifs is 1. The Morgan fingerprint density at radius 2 is 1.71 bits per heavy atom. The smallest absolute Gasteiger partial charge is 0.297 e. The second-order valence-electron chi connectivity index (χ2n) is 7.40. The predicted octanol–water partition coefficient (Wildman–Crippen LogP) is 4.96. The molecule has 31 heavy (non-hydrogen) atoms. The molecule has 0 aliphatic heterocycles. The van der Waals surface area contributed by atoms with Crippen molar-refractivity contribution in [3.8, 4) is 0 Å². The summed E-state index contributed by atoms with van der Waals surface area (Å²) >= 11 is 6.11. The SMILES string of the molecule is Cc1ccc(S(=O)(=O)OCC(O)C(c2ccccc2)n2ccc3cc(Cl)ccc32)cc1. The lowest BCUT2D eigenvalue weighted by molar-refractivity contribution is 0.0785. The number of hydrogen-bond acceptors (Lipinski definition) is 4. The van der Waals surface area contributed by atoms with Crippen molar-refractivity contribution >= 4 is 32.6 Å². The highest BCUT2D eigenvalue weighted by Gasteiger charge is 2.27. The summed E-state index contributed by atoms with van der Waals surface area (Å²) in [6, 6.07) is 22.7. The van der Waals surface area contributed by atoms with E-state index < -0.39 is 22.3 Å². The van der Waals surface area contributed by atoms with Crippen LogP contribution in [0.2, 0.25) is 5.02 Å². The van der Waals surface area contributed by atoms with Crippen molar-refractivity contribution in [2.24, 2.45) is 0 Å². The normalized spacial score (nSPS) is 13.9. The minimum Gasteiger partial charge on any atom is -0.388 e. The van der Waals surface area contributed by atoms with E-state index in [2.05, 4.69) is 0 Å². The molecule has 2 atom stereocenters. The first-order valence-corrected chi connectivity index (χ1v) is 11.6. The third kappa shape index (κ3) is 4.67. The van der Waals surface area contributed by atoms with Crippen molar-refractivity contribution in [2.75, 3.05) is 6.61 Å². The van der Waals surface area contributed by atoms with Crippen molar-refractivity contribution in [1.29, 1.82) is 0 Å². The fourth-order valence-electron chi connectivity index (χ4n) is 3.62. The first kappa shape index (κ1) is 21.6. The summed E-state index contributed by atoms with van der Waals surface area (Å²) in [4.78, 5) is 0.0580. The van der Waals surface area contributed by atoms with Gasteiger partial charge in [-0.1, -0.05) is 59.6 Å². The van der Waals surface area contributed by atoms with Gasteiger partial charge in [0.15, 0.2) is 0 Å². The number of benzene rings is 3. The molecule has 2 unspecified atom stereocenters. The number of hydrogen-bond donors (Lipinski definition) is 1. The predicted molar refractivity (Wildman–Crippen MR) is 122 cm³/mol. The molecule has 0 aliphatic rings. The molecule has 3 aromatic carbocycles. The third-order valence-electron chi connectivity index (χ3n) is 5.19. The second kappa shape index (κ2) is 8.85. The lowest BCUT2D eigenvalue weighted by Crippen LogP contribution is -2.30. The maximum absolute atomic E-state index is 12.6. The van der Waals surface area contributed by atoms with Crippen LogP contribution in [0.3, 0.4) is 0 Å². The molecule has 0 radical (unpaired) electrons. The van der Waals surface area contributed by atoms with E-state index in [1.54, 1.807) is 18.2 Å². The van der Waals surface area contributed by atoms with Gasteiger partial charge in [0.2, 0.25) is 0 Å². The summed E-state index contributed by atoms with van der Waals surface area (Å²) in [6.45, 7) is 1.49. The number of aliphatic hydroxyl groups is 1. The van der Waals surface area contributed by atoms with Gasteiger partial charge in [0.1, 0.15) is 6.10 Å². The molecule has 0 saturated carbocycles. The van der Waals surface area contributed by atoms with E-state index in [1.807, 2.05) is 66.2 Å². The number of aliphatic hydroxyl groups excluding tert-OH is 1. The van der Waals surface area contributed by atoms with E-state index in [1.165, 1.54) is 12.1 Å². The van der Waals surface area contributed by atoms with Crippen molar-refractivity contribution in [2.45, 2.75) is 24.0 Å². The highest BCUT2D eigenvalue weighted by molar-refractivity contribution is 7.86. The van der Waals surface area contributed by atoms with Crippen LogP contribution in [0.15, 0.2) is 90.0 Å². The van der Waals surface area contributed by atoms with Gasteiger partial charge in [0.05, 0.1) is 17.5 Å². The molecule has 0 saturated heterocycles. The Kier molecular flexibility index (Phi) is 6.16. The van der Waals surface area contributed by atoms with Gasteiger partial charge in [-0.3, -0.25) is 4.18 Å². The van der Waals surface area contributed by atoms with Crippen LogP contribution in [0.4, 0.5) is 0 Å². The zero-order chi connectivity index (χ0) is 22.0. The average molecular weight is 456 g/mol. The van der Waals surface area contributed by atoms with Crippen LogP contribution in [-0.2, 0) is 14.3 Å². The van der Waals surface area contributed by atoms with E-state index in [4.69, 9.17) is 15.8 Å². The molecular formula is C24H22ClNO4S. The number of aryl methyl sites for hydroxylation is 1. The first-order chi connectivity index (χ1) is 14.8. The Hall–Kier alpha value is -2.64. The maximum Gasteiger partial charge on any atom is 0.297 e. The monoisotopic (exact) mass is 455 g/mol. The van der Waals surface area contributed by atoms with Crippen LogP contribution < -0.4 is 0 Å². The molecule has 160 valence electrons. The molecule has 0 bridgehead atoms. The Balaban J connectivity index is 1.65. The number of halogens is 1. The number of nitrogens with zero attached hydrogens (tertiary/aromatic N) is 1. The van der Waals surface area contributed by atoms with Crippen LogP contribution in [0.1, 0.15) is 17.2 Å². The standard InChI is InChI=1S/C24H22ClNO4S/c1-17-7-10-21(11-8-17)31(28,29)30-16-23(27)24(18-5-3-2-4-6-18)26-14-13-19-15-20(25)9-12-22(19)26/h2-15,23-24,27H,16H2,1H3. The lowest BCUT2D eigenvalue weighted by atomic mass is 10.0. The molecule has 7 heteroatoms. The Morgan fingerprint density at radius 1 is 1.00 bits per heavy atom. The topological polar surface area (TPSA) is 68.5 Å². The van der Waals surface area contributed by atoms with Crippen LogP contribution >= 0.6 is 11.6 Å². The fraction of sp³-hybridized carbons (Fsp3) is 0.167. The van der Waals surface area contributed by atoms with E-state index in [-0.39, 0.29) is 11.5 Å². The van der Waals surface area contributed by atoms with Crippen molar-refractivity contribution < 1.29 is 17.7 Å². The minimum atomic E-state index is -3.99. The summed E-state index contributed by atoms with van der Waals surface area (Å²) in [5.74, 6) is 0. The minimum absolute atomic E-state index is 0.0580. The van der Waals surface area contributed by atoms with Gasteiger partial charge >= 0.3 is 0 Å². The van der Waals surface area contributed by atoms with Gasteiger partial charge in [0, 0.05) is 22.1 Å². The van der Waals surface area contributed by atoms with E-state index in [0.29, 0.717) is 5.02 Å². The Bertz CT molecular complexity index is 1280. The van der Waals surface area contributed by atoms with Gasteiger partial charge in [-0.25, -0.2) is 0 Å². The molecule has 0 amide bonds. The third-order valence-corrected chi connectivity index (χ3v) is 6.72. The zero-order valence-corrected chi connectivity index (χ0v) is 18.4. The molecule has 4 rings (SSSR count). The molecular weight excluding hydrogens is 434 g/mol. The molecule has 0 aliphatic carbocycles. The summed E-state index contributed by atoms with van der Waals surface area (Å²) in [5, 5.41) is 12.6. The van der Waals surface area contributed by atoms with Gasteiger partial charge in [0.25, 0.3) is 10.1 Å². The van der Waals surface area contributed by atoms with Gasteiger partial charge in [-0.15, -0.1) is 0 Å². The fourth-order valence-corrected chi connectivity index (χ4v) is 4.72. The lowest BCUT2D eigenvalue weighted by Gasteiger charge is -2.26. The largest absolute Gasteiger partial charge is 0.388 e. The maximum atomic E-state index is 12.6. The first-order valence-electron chi connectivity index (χ1n) is 9.80. The zero-order valence-electron chi connectivity index (χ0n) is 16.9. The highest BCUT2D eigenvalue weighted by atomic mass is 35.5. The summed E-state index contributed by atoms with van der Waals surface area (Å²) in [5.41, 5.74) is 2.65. The average Bonchev–Trinajstić information content (AvgIpc) is 3.16. The van der Waals surface area contributed by atoms with E-state index >= 15 is 0 Å². The van der Waals surface area contributed by atoms with Crippen LogP contribution in [0, 0.1) is 6.92 Å². The van der Waals surface area contributed by atoms with Crippen LogP contribution in [0.5, 0.6) is 0 Å². The van der Waals surface area contributed by atoms with E-state index in [0.717, 1.165) is 22.0 Å². The quantitative estimate of drug-likeness (QED) is 0.400. The van der Waals surface area contributed by atoms with Crippen molar-refractivity contribution in [3.63, 3.8) is 0 Å².